The highest BCUT2D eigenvalue weighted by Gasteiger charge is 2.23. The molecule has 0 aliphatic rings. The Kier molecular flexibility index (Phi) is 8.71. The van der Waals surface area contributed by atoms with E-state index in [-0.39, 0.29) is 17.5 Å². The minimum atomic E-state index is -0.446. The molecule has 0 fully saturated rings. The third-order valence-corrected chi connectivity index (χ3v) is 6.85. The predicted molar refractivity (Wildman–Crippen MR) is 154 cm³/mol. The van der Waals surface area contributed by atoms with Crippen molar-refractivity contribution in [2.45, 2.75) is 27.2 Å². The molecule has 4 aromatic rings. The first kappa shape index (κ1) is 27.2. The minimum Gasteiger partial charge on any atom is -0.315 e. The fourth-order valence-electron chi connectivity index (χ4n) is 4.23. The van der Waals surface area contributed by atoms with E-state index in [1.807, 2.05) is 75.4 Å². The number of nitrogens with zero attached hydrogens (tertiary/aromatic N) is 3. The number of hydrogen-bond donors (Lipinski definition) is 2. The number of nitrogens with one attached hydrogen (secondary N) is 2. The van der Waals surface area contributed by atoms with Crippen LogP contribution in [0, 0.1) is 13.8 Å². The third-order valence-electron chi connectivity index (χ3n) is 6.03. The average molecular weight is 550 g/mol. The largest absolute Gasteiger partial charge is 0.322 e. The molecular formula is C29H29Cl2N5O2. The van der Waals surface area contributed by atoms with E-state index in [0.29, 0.717) is 29.5 Å². The number of carbonyl (C=O) groups excluding carboxylic acids is 2. The number of carbonyl (C=O) groups is 2. The number of para-hydroxylation sites is 1. The molecule has 3 aromatic carbocycles. The Labute approximate surface area is 232 Å². The van der Waals surface area contributed by atoms with Crippen LogP contribution in [-0.2, 0) is 4.79 Å². The van der Waals surface area contributed by atoms with Gasteiger partial charge in [-0.1, -0.05) is 84.7 Å². The summed E-state index contributed by atoms with van der Waals surface area (Å²) >= 11 is 12.3. The maximum atomic E-state index is 13.4. The summed E-state index contributed by atoms with van der Waals surface area (Å²) in [6.45, 7) is 6.06. The third kappa shape index (κ3) is 6.01. The second kappa shape index (κ2) is 12.2. The summed E-state index contributed by atoms with van der Waals surface area (Å²) in [4.78, 5) is 28.0. The van der Waals surface area contributed by atoms with Gasteiger partial charge in [0.1, 0.15) is 12.4 Å². The van der Waals surface area contributed by atoms with E-state index in [9.17, 15) is 9.59 Å². The maximum Gasteiger partial charge on any atom is 0.322 e. The van der Waals surface area contributed by atoms with Crippen molar-refractivity contribution in [3.8, 4) is 16.8 Å². The van der Waals surface area contributed by atoms with E-state index in [1.54, 1.807) is 22.9 Å². The van der Waals surface area contributed by atoms with Gasteiger partial charge in [0.05, 0.1) is 27.1 Å². The number of aromatic nitrogens is 2. The van der Waals surface area contributed by atoms with Gasteiger partial charge in [0.15, 0.2) is 0 Å². The SMILES string of the molecule is CCCN(CC(=O)Nc1c(-c2ccccc2)c(C)nn1-c1ccccc1C)C(=O)Nc1cccc(Cl)c1Cl. The number of rotatable bonds is 8. The van der Waals surface area contributed by atoms with Crippen molar-refractivity contribution in [3.05, 3.63) is 94.1 Å². The Morgan fingerprint density at radius 1 is 0.921 bits per heavy atom. The summed E-state index contributed by atoms with van der Waals surface area (Å²) in [5.41, 5.74) is 4.76. The second-order valence-electron chi connectivity index (χ2n) is 8.87. The van der Waals surface area contributed by atoms with E-state index in [1.165, 1.54) is 4.90 Å². The molecule has 0 aliphatic heterocycles. The van der Waals surface area contributed by atoms with E-state index >= 15 is 0 Å². The average Bonchev–Trinajstić information content (AvgIpc) is 3.22. The standard InChI is InChI=1S/C29H29Cl2N5O2/c1-4-17-35(29(38)32-23-15-10-14-22(30)27(23)31)18-25(37)33-28-26(21-12-6-5-7-13-21)20(3)34-36(28)24-16-9-8-11-19(24)2/h5-16H,4,17-18H2,1-3H3,(H,32,38)(H,33,37). The van der Waals surface area contributed by atoms with Gasteiger partial charge in [-0.25, -0.2) is 9.48 Å². The highest BCUT2D eigenvalue weighted by Crippen LogP contribution is 2.34. The summed E-state index contributed by atoms with van der Waals surface area (Å²) in [6.07, 6.45) is 0.666. The number of amides is 3. The van der Waals surface area contributed by atoms with Crippen LogP contribution in [-0.4, -0.2) is 39.7 Å². The van der Waals surface area contributed by atoms with Gasteiger partial charge >= 0.3 is 6.03 Å². The molecule has 0 unspecified atom stereocenters. The molecule has 2 N–H and O–H groups in total. The van der Waals surface area contributed by atoms with Gasteiger partial charge in [0, 0.05) is 12.1 Å². The van der Waals surface area contributed by atoms with Crippen molar-refractivity contribution in [3.63, 3.8) is 0 Å². The zero-order valence-electron chi connectivity index (χ0n) is 21.5. The Hall–Kier alpha value is -3.81. The van der Waals surface area contributed by atoms with Crippen LogP contribution in [0.5, 0.6) is 0 Å². The lowest BCUT2D eigenvalue weighted by Gasteiger charge is -2.23. The normalized spacial score (nSPS) is 10.8. The first-order chi connectivity index (χ1) is 18.3. The van der Waals surface area contributed by atoms with E-state index in [0.717, 1.165) is 28.1 Å². The molecule has 0 spiro atoms. The number of hydrogen-bond acceptors (Lipinski definition) is 3. The lowest BCUT2D eigenvalue weighted by molar-refractivity contribution is -0.116. The van der Waals surface area contributed by atoms with Crippen LogP contribution in [0.15, 0.2) is 72.8 Å². The quantitative estimate of drug-likeness (QED) is 0.241. The van der Waals surface area contributed by atoms with Crippen LogP contribution in [0.25, 0.3) is 16.8 Å². The molecule has 9 heteroatoms. The zero-order valence-corrected chi connectivity index (χ0v) is 23.0. The van der Waals surface area contributed by atoms with Crippen LogP contribution in [0.4, 0.5) is 16.3 Å². The topological polar surface area (TPSA) is 79.3 Å². The molecule has 0 saturated carbocycles. The zero-order chi connectivity index (χ0) is 27.2. The molecule has 0 bridgehead atoms. The molecule has 196 valence electrons. The molecule has 1 heterocycles. The monoisotopic (exact) mass is 549 g/mol. The van der Waals surface area contributed by atoms with Crippen molar-refractivity contribution in [2.24, 2.45) is 0 Å². The Morgan fingerprint density at radius 2 is 1.63 bits per heavy atom. The smallest absolute Gasteiger partial charge is 0.315 e. The first-order valence-electron chi connectivity index (χ1n) is 12.3. The molecule has 0 saturated heterocycles. The van der Waals surface area contributed by atoms with Gasteiger partial charge in [-0.05, 0) is 49.6 Å². The van der Waals surface area contributed by atoms with E-state index < -0.39 is 6.03 Å². The van der Waals surface area contributed by atoms with Gasteiger partial charge in [-0.15, -0.1) is 0 Å². The van der Waals surface area contributed by atoms with Crippen molar-refractivity contribution < 1.29 is 9.59 Å². The molecular weight excluding hydrogens is 521 g/mol. The van der Waals surface area contributed by atoms with Crippen LogP contribution >= 0.6 is 23.2 Å². The fourth-order valence-corrected chi connectivity index (χ4v) is 4.58. The van der Waals surface area contributed by atoms with Crippen molar-refractivity contribution in [2.75, 3.05) is 23.7 Å². The maximum absolute atomic E-state index is 13.4. The van der Waals surface area contributed by atoms with Crippen molar-refractivity contribution >= 4 is 46.6 Å². The Morgan fingerprint density at radius 3 is 2.34 bits per heavy atom. The van der Waals surface area contributed by atoms with E-state index in [2.05, 4.69) is 10.6 Å². The van der Waals surface area contributed by atoms with Crippen LogP contribution < -0.4 is 10.6 Å². The van der Waals surface area contributed by atoms with Crippen molar-refractivity contribution in [1.82, 2.24) is 14.7 Å². The second-order valence-corrected chi connectivity index (χ2v) is 9.66. The summed E-state index contributed by atoms with van der Waals surface area (Å²) in [7, 11) is 0. The summed E-state index contributed by atoms with van der Waals surface area (Å²) in [6, 6.07) is 22.2. The summed E-state index contributed by atoms with van der Waals surface area (Å²) < 4.78 is 1.75. The van der Waals surface area contributed by atoms with Gasteiger partial charge in [0.2, 0.25) is 5.91 Å². The van der Waals surface area contributed by atoms with Gasteiger partial charge < -0.3 is 15.5 Å². The molecule has 3 amide bonds. The number of benzene rings is 3. The van der Waals surface area contributed by atoms with Crippen LogP contribution in [0.1, 0.15) is 24.6 Å². The Balaban J connectivity index is 1.64. The molecule has 1 aromatic heterocycles. The number of anilines is 2. The molecule has 4 rings (SSSR count). The predicted octanol–water partition coefficient (Wildman–Crippen LogP) is 7.35. The molecule has 38 heavy (non-hydrogen) atoms. The summed E-state index contributed by atoms with van der Waals surface area (Å²) in [5.74, 6) is 0.195. The van der Waals surface area contributed by atoms with E-state index in [4.69, 9.17) is 28.3 Å². The highest BCUT2D eigenvalue weighted by atomic mass is 35.5. The Bertz CT molecular complexity index is 1450. The van der Waals surface area contributed by atoms with Crippen molar-refractivity contribution in [1.29, 1.82) is 0 Å². The first-order valence-corrected chi connectivity index (χ1v) is 13.1. The lowest BCUT2D eigenvalue weighted by Crippen LogP contribution is -2.41. The number of aryl methyl sites for hydroxylation is 2. The number of urea groups is 1. The lowest BCUT2D eigenvalue weighted by atomic mass is 10.1. The van der Waals surface area contributed by atoms with Gasteiger partial charge in [0.25, 0.3) is 0 Å². The highest BCUT2D eigenvalue weighted by molar-refractivity contribution is 6.44. The summed E-state index contributed by atoms with van der Waals surface area (Å²) in [5, 5.41) is 11.2. The number of halogens is 2. The van der Waals surface area contributed by atoms with Crippen LogP contribution in [0.3, 0.4) is 0 Å². The van der Waals surface area contributed by atoms with Crippen LogP contribution in [0.2, 0.25) is 10.0 Å². The molecule has 7 nitrogen and oxygen atoms in total. The molecule has 0 atom stereocenters. The molecule has 0 radical (unpaired) electrons. The minimum absolute atomic E-state index is 0.163. The fraction of sp³-hybridized carbons (Fsp3) is 0.207. The van der Waals surface area contributed by atoms with Gasteiger partial charge in [-0.2, -0.15) is 5.10 Å². The van der Waals surface area contributed by atoms with Gasteiger partial charge in [-0.3, -0.25) is 4.79 Å². The molecule has 0 aliphatic carbocycles.